The molecule has 4 aromatic heterocycles. The second-order valence-corrected chi connectivity index (χ2v) is 13.8. The molecule has 0 spiro atoms. The second-order valence-electron chi connectivity index (χ2n) is 11.1. The van der Waals surface area contributed by atoms with Crippen LogP contribution in [0.4, 0.5) is 0 Å². The Hall–Kier alpha value is -6.11. The zero-order valence-electron chi connectivity index (χ0n) is 24.1. The fraction of sp³-hybridized carbons (Fsp3) is 0. The summed E-state index contributed by atoms with van der Waals surface area (Å²) < 4.78 is 19.8. The van der Waals surface area contributed by atoms with E-state index in [0.29, 0.717) is 59.1 Å². The van der Waals surface area contributed by atoms with E-state index in [1.165, 1.54) is 6.26 Å². The molecule has 2 aliphatic rings. The Morgan fingerprint density at radius 1 is 0.511 bits per heavy atom. The molecule has 4 aromatic carbocycles. The van der Waals surface area contributed by atoms with E-state index in [1.54, 1.807) is 0 Å². The number of benzene rings is 4. The Morgan fingerprint density at radius 3 is 1.51 bits per heavy atom. The maximum absolute atomic E-state index is 13.9. The van der Waals surface area contributed by atoms with Crippen molar-refractivity contribution >= 4 is 52.0 Å². The van der Waals surface area contributed by atoms with Crippen LogP contribution in [0.15, 0.2) is 102 Å². The van der Waals surface area contributed by atoms with E-state index < -0.39 is 17.8 Å². The Bertz CT molecular complexity index is 2780. The van der Waals surface area contributed by atoms with Gasteiger partial charge in [-0.3, -0.25) is 0 Å². The van der Waals surface area contributed by atoms with Crippen LogP contribution in [-0.4, -0.2) is 50.2 Å². The van der Waals surface area contributed by atoms with Crippen molar-refractivity contribution in [1.82, 2.24) is 50.2 Å². The summed E-state index contributed by atoms with van der Waals surface area (Å²) in [7, 11) is 0. The van der Waals surface area contributed by atoms with Crippen molar-refractivity contribution in [3.8, 4) is 45.6 Å². The Morgan fingerprint density at radius 2 is 0.979 bits per heavy atom. The van der Waals surface area contributed by atoms with Crippen LogP contribution < -0.4 is 7.87 Å². The average Bonchev–Trinajstić information content (AvgIpc) is 3.94. The molecule has 13 heteroatoms. The molecule has 2 aliphatic heterocycles. The van der Waals surface area contributed by atoms with Crippen LogP contribution in [0.1, 0.15) is 0 Å². The summed E-state index contributed by atoms with van der Waals surface area (Å²) in [5, 5.41) is 10.7. The van der Waals surface area contributed by atoms with Gasteiger partial charge in [0.25, 0.3) is 0 Å². The summed E-state index contributed by atoms with van der Waals surface area (Å²) in [4.78, 5) is 36.9. The third-order valence-electron chi connectivity index (χ3n) is 8.42. The fourth-order valence-corrected chi connectivity index (χ4v) is 8.30. The van der Waals surface area contributed by atoms with Crippen LogP contribution in [-0.2, 0) is 21.2 Å². The minimum absolute atomic E-state index is 0.326. The van der Waals surface area contributed by atoms with E-state index in [4.69, 9.17) is 34.4 Å². The van der Waals surface area contributed by atoms with Gasteiger partial charge in [-0.2, -0.15) is 0 Å². The molecule has 10 rings (SSSR count). The van der Waals surface area contributed by atoms with E-state index in [1.807, 2.05) is 91.0 Å². The number of hydrogen-bond donors (Lipinski definition) is 2. The molecule has 8 bridgehead atoms. The van der Waals surface area contributed by atoms with Gasteiger partial charge in [-0.15, -0.1) is 0 Å². The summed E-state index contributed by atoms with van der Waals surface area (Å²) >= 11 is -3.42. The Kier molecular flexibility index (Phi) is 5.53. The van der Waals surface area contributed by atoms with Gasteiger partial charge in [-0.05, 0) is 0 Å². The average molecular weight is 646 g/mol. The van der Waals surface area contributed by atoms with Gasteiger partial charge in [-0.1, -0.05) is 6.07 Å². The predicted octanol–water partition coefficient (Wildman–Crippen LogP) is 5.17. The minimum atomic E-state index is -3.42. The number of H-pyrrole nitrogens is 2. The zero-order chi connectivity index (χ0) is 31.1. The van der Waals surface area contributed by atoms with Crippen LogP contribution in [0.3, 0.4) is 0 Å². The van der Waals surface area contributed by atoms with Gasteiger partial charge in [0.15, 0.2) is 0 Å². The van der Waals surface area contributed by atoms with Crippen molar-refractivity contribution in [2.24, 2.45) is 0 Å². The number of nitrogens with zero attached hydrogens (tertiary/aromatic N) is 8. The molecule has 0 saturated heterocycles. The van der Waals surface area contributed by atoms with Gasteiger partial charge in [0.1, 0.15) is 0 Å². The van der Waals surface area contributed by atoms with Gasteiger partial charge in [-0.25, -0.2) is 0 Å². The molecule has 8 aromatic rings. The van der Waals surface area contributed by atoms with Crippen molar-refractivity contribution in [1.29, 1.82) is 0 Å². The van der Waals surface area contributed by atoms with Crippen molar-refractivity contribution in [2.75, 3.05) is 0 Å². The number of aromatic nitrogens is 10. The maximum atomic E-state index is 13.9. The summed E-state index contributed by atoms with van der Waals surface area (Å²) in [5.74, 6) is 1.99. The number of rotatable bonds is 2. The van der Waals surface area contributed by atoms with Gasteiger partial charge in [0, 0.05) is 0 Å². The summed E-state index contributed by atoms with van der Waals surface area (Å²) in [5.41, 5.74) is 5.59. The number of fused-ring (bicyclic) bond motifs is 20. The summed E-state index contributed by atoms with van der Waals surface area (Å²) in [6, 6.07) is 29.3. The molecular weight excluding hydrogens is 628 g/mol. The molecule has 6 heterocycles. The standard InChI is InChI=1S/C32H17N8.C2HN2O.O.Ti/c1-2-10-18-17(9-1)25-33-26(18)38-28-21-13-5-6-14-22(21)30(35-28)40-32-24-16-8-7-15-23(24)31(36-32)39-29-20-12-4-3-11-19(20)27(34-29)37-25;1-2-5-4-3-1;;/h1-15H,(H2,33,34,35,36,37,38,39,40);2H;;. The molecule has 0 aliphatic carbocycles. The van der Waals surface area contributed by atoms with Crippen LogP contribution in [0, 0.1) is 0 Å². The van der Waals surface area contributed by atoms with Crippen LogP contribution in [0.2, 0.25) is 0 Å². The normalized spacial score (nSPS) is 11.9. The molecule has 0 fully saturated rings. The Labute approximate surface area is 269 Å². The predicted molar refractivity (Wildman–Crippen MR) is 170 cm³/mol. The van der Waals surface area contributed by atoms with E-state index in [0.717, 1.165) is 38.4 Å². The monoisotopic (exact) mass is 646 g/mol. The van der Waals surface area contributed by atoms with Crippen molar-refractivity contribution < 1.29 is 25.7 Å². The molecule has 47 heavy (non-hydrogen) atoms. The fourth-order valence-electron chi connectivity index (χ4n) is 6.28. The first-order valence-corrected chi connectivity index (χ1v) is 16.9. The first-order chi connectivity index (χ1) is 23.2. The molecule has 0 amide bonds. The van der Waals surface area contributed by atoms with Crippen LogP contribution in [0.5, 0.6) is 0 Å². The van der Waals surface area contributed by atoms with E-state index in [2.05, 4.69) is 20.3 Å². The molecule has 220 valence electrons. The number of nitrogens with one attached hydrogen (secondary N) is 2. The van der Waals surface area contributed by atoms with Gasteiger partial charge >= 0.3 is 265 Å². The molecule has 0 saturated carbocycles. The van der Waals surface area contributed by atoms with Crippen LogP contribution >= 0.6 is 0 Å². The van der Waals surface area contributed by atoms with Gasteiger partial charge in [0.05, 0.1) is 0 Å². The van der Waals surface area contributed by atoms with Gasteiger partial charge < -0.3 is 0 Å². The SMILES string of the molecule is [O]=[Ti]([c]1conn1)[c]1cccc2c3nc4nc(nc5[nH]c(nc6nc(nc([nH]3)c12)-c1ccccc1-6)c1ccccc51)-c1ccccc1-4. The first kappa shape index (κ1) is 26.1. The molecule has 0 radical (unpaired) electrons. The quantitative estimate of drug-likeness (QED) is 0.240. The van der Waals surface area contributed by atoms with E-state index in [-0.39, 0.29) is 0 Å². The number of hydrogen-bond acceptors (Lipinski definition) is 10. The molecule has 0 atom stereocenters. The summed E-state index contributed by atoms with van der Waals surface area (Å²) in [6.07, 6.45) is 1.33. The van der Waals surface area contributed by atoms with Crippen molar-refractivity contribution in [3.05, 3.63) is 97.3 Å². The van der Waals surface area contributed by atoms with Gasteiger partial charge in [0.2, 0.25) is 0 Å². The molecule has 0 unspecified atom stereocenters. The second kappa shape index (κ2) is 9.95. The first-order valence-electron chi connectivity index (χ1n) is 14.7. The molecule has 2 N–H and O–H groups in total. The third-order valence-corrected chi connectivity index (χ3v) is 10.9. The van der Waals surface area contributed by atoms with E-state index in [9.17, 15) is 3.32 Å². The zero-order valence-corrected chi connectivity index (χ0v) is 25.7. The molecular formula is C34H18N10O2Ti. The summed E-state index contributed by atoms with van der Waals surface area (Å²) in [6.45, 7) is 0. The van der Waals surface area contributed by atoms with E-state index >= 15 is 0 Å². The number of aromatic amines is 2. The molecule has 12 nitrogen and oxygen atoms in total. The third kappa shape index (κ3) is 3.99. The Balaban J connectivity index is 1.40. The van der Waals surface area contributed by atoms with Crippen LogP contribution in [0.25, 0.3) is 89.7 Å². The van der Waals surface area contributed by atoms with Crippen molar-refractivity contribution in [2.45, 2.75) is 0 Å². The topological polar surface area (TPSA) is 165 Å². The van der Waals surface area contributed by atoms with Crippen molar-refractivity contribution in [3.63, 3.8) is 0 Å².